The fourth-order valence-corrected chi connectivity index (χ4v) is 3.40. The molecular formula is C17H21N7O3. The number of nitrogens with zero attached hydrogens (tertiary/aromatic N) is 7. The highest BCUT2D eigenvalue weighted by Crippen LogP contribution is 2.21. The number of rotatable bonds is 5. The average Bonchev–Trinajstić information content (AvgIpc) is 3.36. The minimum absolute atomic E-state index is 0.0591. The van der Waals surface area contributed by atoms with Crippen molar-refractivity contribution in [1.29, 1.82) is 0 Å². The lowest BCUT2D eigenvalue weighted by Gasteiger charge is -2.22. The SMILES string of the molecule is Cc1noc(C)c1CN1CC(N2C(=O)CN(Cc3ccn(C)n3)C2=O)C=N1. The van der Waals surface area contributed by atoms with Gasteiger partial charge in [0.1, 0.15) is 12.3 Å². The highest BCUT2D eigenvalue weighted by molar-refractivity contribution is 6.04. The molecule has 1 saturated heterocycles. The van der Waals surface area contributed by atoms with E-state index in [4.69, 9.17) is 4.52 Å². The molecule has 2 aromatic rings. The summed E-state index contributed by atoms with van der Waals surface area (Å²) in [6, 6.07) is 1.16. The molecule has 10 nitrogen and oxygen atoms in total. The van der Waals surface area contributed by atoms with Gasteiger partial charge in [0.2, 0.25) is 0 Å². The zero-order valence-electron chi connectivity index (χ0n) is 15.5. The van der Waals surface area contributed by atoms with Crippen LogP contribution >= 0.6 is 0 Å². The maximum Gasteiger partial charge on any atom is 0.328 e. The van der Waals surface area contributed by atoms with Gasteiger partial charge in [0.15, 0.2) is 0 Å². The number of amides is 3. The van der Waals surface area contributed by atoms with E-state index in [2.05, 4.69) is 15.4 Å². The van der Waals surface area contributed by atoms with E-state index >= 15 is 0 Å². The number of urea groups is 1. The molecule has 4 rings (SSSR count). The van der Waals surface area contributed by atoms with Crippen molar-refractivity contribution in [2.45, 2.75) is 33.0 Å². The molecule has 1 unspecified atom stereocenters. The maximum atomic E-state index is 12.7. The average molecular weight is 371 g/mol. The largest absolute Gasteiger partial charge is 0.361 e. The summed E-state index contributed by atoms with van der Waals surface area (Å²) < 4.78 is 6.85. The van der Waals surface area contributed by atoms with Gasteiger partial charge in [-0.1, -0.05) is 5.16 Å². The third-order valence-corrected chi connectivity index (χ3v) is 4.85. The highest BCUT2D eigenvalue weighted by Gasteiger charge is 2.42. The summed E-state index contributed by atoms with van der Waals surface area (Å²) in [5.41, 5.74) is 2.55. The van der Waals surface area contributed by atoms with Gasteiger partial charge < -0.3 is 9.42 Å². The van der Waals surface area contributed by atoms with E-state index in [0.717, 1.165) is 22.7 Å². The number of aromatic nitrogens is 3. The van der Waals surface area contributed by atoms with Crippen molar-refractivity contribution in [2.24, 2.45) is 12.1 Å². The Kier molecular flexibility index (Phi) is 4.17. The molecular weight excluding hydrogens is 350 g/mol. The van der Waals surface area contributed by atoms with Gasteiger partial charge in [-0.15, -0.1) is 0 Å². The van der Waals surface area contributed by atoms with Gasteiger partial charge in [-0.3, -0.25) is 19.4 Å². The Labute approximate surface area is 156 Å². The van der Waals surface area contributed by atoms with Gasteiger partial charge in [-0.05, 0) is 19.9 Å². The minimum Gasteiger partial charge on any atom is -0.361 e. The lowest BCUT2D eigenvalue weighted by molar-refractivity contribution is -0.126. The van der Waals surface area contributed by atoms with Crippen LogP contribution in [0.1, 0.15) is 22.7 Å². The van der Waals surface area contributed by atoms with Crippen LogP contribution in [0.15, 0.2) is 21.9 Å². The van der Waals surface area contributed by atoms with Crippen LogP contribution in [-0.2, 0) is 24.9 Å². The van der Waals surface area contributed by atoms with Crippen LogP contribution in [0.5, 0.6) is 0 Å². The number of imide groups is 1. The van der Waals surface area contributed by atoms with E-state index in [0.29, 0.717) is 19.6 Å². The number of carbonyl (C=O) groups excluding carboxylic acids is 2. The zero-order valence-corrected chi connectivity index (χ0v) is 15.5. The summed E-state index contributed by atoms with van der Waals surface area (Å²) in [7, 11) is 1.81. The Morgan fingerprint density at radius 1 is 1.26 bits per heavy atom. The Bertz CT molecular complexity index is 896. The molecule has 0 bridgehead atoms. The second kappa shape index (κ2) is 6.53. The second-order valence-electron chi connectivity index (χ2n) is 6.86. The predicted molar refractivity (Wildman–Crippen MR) is 94.5 cm³/mol. The smallest absolute Gasteiger partial charge is 0.328 e. The van der Waals surface area contributed by atoms with Crippen LogP contribution in [0.25, 0.3) is 0 Å². The fourth-order valence-electron chi connectivity index (χ4n) is 3.40. The van der Waals surface area contributed by atoms with Crippen molar-refractivity contribution in [1.82, 2.24) is 29.7 Å². The van der Waals surface area contributed by atoms with E-state index in [1.165, 1.54) is 9.80 Å². The number of carbonyl (C=O) groups is 2. The lowest BCUT2D eigenvalue weighted by Crippen LogP contribution is -2.44. The lowest BCUT2D eigenvalue weighted by atomic mass is 10.2. The van der Waals surface area contributed by atoms with E-state index in [9.17, 15) is 9.59 Å². The molecule has 4 heterocycles. The molecule has 2 aliphatic heterocycles. The second-order valence-corrected chi connectivity index (χ2v) is 6.86. The van der Waals surface area contributed by atoms with Crippen LogP contribution in [0.2, 0.25) is 0 Å². The highest BCUT2D eigenvalue weighted by atomic mass is 16.5. The van der Waals surface area contributed by atoms with E-state index in [1.807, 2.05) is 38.2 Å². The van der Waals surface area contributed by atoms with Crippen molar-refractivity contribution in [3.63, 3.8) is 0 Å². The first kappa shape index (κ1) is 17.3. The molecule has 2 aromatic heterocycles. The van der Waals surface area contributed by atoms with Crippen LogP contribution < -0.4 is 0 Å². The molecule has 0 saturated carbocycles. The molecule has 10 heteroatoms. The third kappa shape index (κ3) is 3.18. The topological polar surface area (TPSA) is 100 Å². The van der Waals surface area contributed by atoms with Gasteiger partial charge >= 0.3 is 6.03 Å². The van der Waals surface area contributed by atoms with Gasteiger partial charge in [0.25, 0.3) is 5.91 Å². The number of hydrazone groups is 1. The molecule has 0 aromatic carbocycles. The first-order chi connectivity index (χ1) is 12.9. The molecule has 142 valence electrons. The summed E-state index contributed by atoms with van der Waals surface area (Å²) in [5.74, 6) is 0.535. The normalized spacial score (nSPS) is 19.8. The Hall–Kier alpha value is -3.17. The van der Waals surface area contributed by atoms with Crippen LogP contribution in [-0.4, -0.2) is 67.0 Å². The fraction of sp³-hybridized carbons (Fsp3) is 0.471. The number of aryl methyl sites for hydroxylation is 3. The number of hydrogen-bond donors (Lipinski definition) is 0. The van der Waals surface area contributed by atoms with Crippen molar-refractivity contribution < 1.29 is 14.1 Å². The van der Waals surface area contributed by atoms with Crippen LogP contribution in [0, 0.1) is 13.8 Å². The molecule has 27 heavy (non-hydrogen) atoms. The predicted octanol–water partition coefficient (Wildman–Crippen LogP) is 0.659. The Balaban J connectivity index is 1.41. The summed E-state index contributed by atoms with van der Waals surface area (Å²) in [6.07, 6.45) is 3.46. The molecule has 0 N–H and O–H groups in total. The maximum absolute atomic E-state index is 12.7. The molecule has 1 fully saturated rings. The summed E-state index contributed by atoms with van der Waals surface area (Å²) in [6.45, 7) is 5.10. The molecule has 0 aliphatic carbocycles. The summed E-state index contributed by atoms with van der Waals surface area (Å²) in [5, 5.41) is 14.4. The van der Waals surface area contributed by atoms with Gasteiger partial charge in [-0.2, -0.15) is 10.2 Å². The van der Waals surface area contributed by atoms with E-state index < -0.39 is 0 Å². The molecule has 0 spiro atoms. The standard InChI is InChI=1S/C17H21N7O3/c1-11-15(12(2)27-20-11)9-23-8-14(6-18-23)24-16(25)10-22(17(24)26)7-13-4-5-21(3)19-13/h4-6,14H,7-10H2,1-3H3. The zero-order chi connectivity index (χ0) is 19.1. The van der Waals surface area contributed by atoms with Gasteiger partial charge in [0.05, 0.1) is 37.1 Å². The van der Waals surface area contributed by atoms with E-state index in [1.54, 1.807) is 10.9 Å². The molecule has 3 amide bonds. The Morgan fingerprint density at radius 3 is 2.74 bits per heavy atom. The monoisotopic (exact) mass is 371 g/mol. The number of hydrogen-bond acceptors (Lipinski definition) is 7. The van der Waals surface area contributed by atoms with Gasteiger partial charge in [-0.25, -0.2) is 4.79 Å². The Morgan fingerprint density at radius 2 is 2.07 bits per heavy atom. The van der Waals surface area contributed by atoms with E-state index in [-0.39, 0.29) is 24.5 Å². The van der Waals surface area contributed by atoms with Crippen LogP contribution in [0.3, 0.4) is 0 Å². The third-order valence-electron chi connectivity index (χ3n) is 4.85. The first-order valence-electron chi connectivity index (χ1n) is 8.72. The molecule has 0 radical (unpaired) electrons. The van der Waals surface area contributed by atoms with Crippen molar-refractivity contribution in [3.8, 4) is 0 Å². The van der Waals surface area contributed by atoms with Crippen molar-refractivity contribution in [2.75, 3.05) is 13.1 Å². The van der Waals surface area contributed by atoms with Crippen LogP contribution in [0.4, 0.5) is 4.79 Å². The van der Waals surface area contributed by atoms with Crippen molar-refractivity contribution in [3.05, 3.63) is 35.0 Å². The van der Waals surface area contributed by atoms with Crippen molar-refractivity contribution >= 4 is 18.2 Å². The minimum atomic E-state index is -0.376. The van der Waals surface area contributed by atoms with Gasteiger partial charge in [0, 0.05) is 25.0 Å². The molecule has 2 aliphatic rings. The summed E-state index contributed by atoms with van der Waals surface area (Å²) in [4.78, 5) is 28.0. The quantitative estimate of drug-likeness (QED) is 0.716. The molecule has 1 atom stereocenters. The first-order valence-corrected chi connectivity index (χ1v) is 8.72. The summed E-state index contributed by atoms with van der Waals surface area (Å²) >= 11 is 0.